The van der Waals surface area contributed by atoms with E-state index in [0.717, 1.165) is 22.2 Å². The molecule has 1 aliphatic carbocycles. The molecule has 3 amide bonds. The van der Waals surface area contributed by atoms with Crippen molar-refractivity contribution in [3.63, 3.8) is 0 Å². The predicted molar refractivity (Wildman–Crippen MR) is 201 cm³/mol. The first-order valence-corrected chi connectivity index (χ1v) is 19.6. The summed E-state index contributed by atoms with van der Waals surface area (Å²) < 4.78 is 77.7. The number of aromatic nitrogens is 1. The second-order valence-electron chi connectivity index (χ2n) is 16.0. The highest BCUT2D eigenvalue weighted by molar-refractivity contribution is 7.80. The van der Waals surface area contributed by atoms with Crippen LogP contribution in [-0.4, -0.2) is 93.2 Å². The number of hydrogen-bond donors (Lipinski definition) is 1. The van der Waals surface area contributed by atoms with Gasteiger partial charge in [-0.2, -0.15) is 18.4 Å². The Labute approximate surface area is 332 Å². The number of benzene rings is 1. The van der Waals surface area contributed by atoms with Gasteiger partial charge in [-0.25, -0.2) is 13.8 Å². The smallest absolute Gasteiger partial charge is 0.378 e. The Kier molecular flexibility index (Phi) is 12.5. The normalized spacial score (nSPS) is 25.4. The van der Waals surface area contributed by atoms with Gasteiger partial charge in [0.15, 0.2) is 16.6 Å². The molecule has 57 heavy (non-hydrogen) atoms. The van der Waals surface area contributed by atoms with Crippen LogP contribution in [0.15, 0.2) is 36.5 Å². The summed E-state index contributed by atoms with van der Waals surface area (Å²) in [5, 5.41) is 11.5. The summed E-state index contributed by atoms with van der Waals surface area (Å²) in [6.45, 7) is 3.17. The molecular weight excluding hydrogens is 772 g/mol. The van der Waals surface area contributed by atoms with Gasteiger partial charge >= 0.3 is 6.18 Å². The van der Waals surface area contributed by atoms with Gasteiger partial charge in [0.05, 0.1) is 36.6 Å². The number of piperidine rings is 2. The SMILES string of the molecule is CC1(C)C(=O)N(c2cnc(C#N)c(C(F)(F)F)c2)C(=S)N1C1CCC(OCCC2CCN(CC(=O)Cc3cccc(CC4CCC(=O)NC4=O)c3)CC2(F)F)CC1. The van der Waals surface area contributed by atoms with Crippen LogP contribution in [0.1, 0.15) is 87.6 Å². The van der Waals surface area contributed by atoms with Crippen LogP contribution in [0.5, 0.6) is 0 Å². The lowest BCUT2D eigenvalue weighted by molar-refractivity contribution is -0.138. The standard InChI is InChI=1S/C40H45F5N6O5S/c1-38(2)36(55)50(29-19-32(40(43,44)45)33(20-46)47-21-29)37(57)51(38)28-7-9-31(10-8-28)56-15-13-27-12-14-49(23-39(27,41)42)22-30(52)18-25-5-3-4-24(16-25)17-26-6-11-34(53)48-35(26)54/h3-5,16,19,21,26-28,31H,6-15,17-18,22-23H2,1-2H3,(H,48,53,54). The van der Waals surface area contributed by atoms with Crippen LogP contribution in [0.2, 0.25) is 0 Å². The average Bonchev–Trinajstić information content (AvgIpc) is 3.31. The topological polar surface area (TPSA) is 136 Å². The molecule has 306 valence electrons. The number of carbonyl (C=O) groups excluding carboxylic acids is 4. The number of ether oxygens (including phenoxy) is 1. The van der Waals surface area contributed by atoms with Crippen LogP contribution in [0.25, 0.3) is 0 Å². The number of alkyl halides is 5. The van der Waals surface area contributed by atoms with E-state index < -0.39 is 47.3 Å². The van der Waals surface area contributed by atoms with Crippen molar-refractivity contribution in [1.29, 1.82) is 5.26 Å². The van der Waals surface area contributed by atoms with E-state index in [1.807, 2.05) is 12.1 Å². The van der Waals surface area contributed by atoms with Crippen molar-refractivity contribution >= 4 is 46.5 Å². The fourth-order valence-corrected chi connectivity index (χ4v) is 9.11. The zero-order valence-corrected chi connectivity index (χ0v) is 32.6. The molecule has 4 fully saturated rings. The number of nitrogens with zero attached hydrogens (tertiary/aromatic N) is 5. The van der Waals surface area contributed by atoms with Crippen molar-refractivity contribution < 1.29 is 45.9 Å². The molecule has 4 aliphatic rings. The lowest BCUT2D eigenvalue weighted by Gasteiger charge is -2.41. The Morgan fingerprint density at radius 2 is 1.79 bits per heavy atom. The number of rotatable bonds is 12. The van der Waals surface area contributed by atoms with E-state index in [2.05, 4.69) is 10.3 Å². The van der Waals surface area contributed by atoms with Crippen molar-refractivity contribution in [1.82, 2.24) is 20.1 Å². The number of nitriles is 1. The molecule has 0 radical (unpaired) electrons. The Hall–Kier alpha value is -4.40. The minimum atomic E-state index is -4.86. The molecular formula is C40H45F5N6O5S. The van der Waals surface area contributed by atoms with Gasteiger partial charge in [0.2, 0.25) is 11.8 Å². The van der Waals surface area contributed by atoms with E-state index in [0.29, 0.717) is 51.1 Å². The zero-order chi connectivity index (χ0) is 41.3. The van der Waals surface area contributed by atoms with E-state index in [-0.39, 0.29) is 85.3 Å². The maximum atomic E-state index is 15.3. The van der Waals surface area contributed by atoms with Gasteiger partial charge in [-0.15, -0.1) is 0 Å². The van der Waals surface area contributed by atoms with Gasteiger partial charge in [-0.1, -0.05) is 24.3 Å². The molecule has 1 saturated carbocycles. The highest BCUT2D eigenvalue weighted by atomic mass is 32.1. The minimum absolute atomic E-state index is 0.0421. The molecule has 0 bridgehead atoms. The predicted octanol–water partition coefficient (Wildman–Crippen LogP) is 5.77. The summed E-state index contributed by atoms with van der Waals surface area (Å²) in [6.07, 6.45) is -0.127. The zero-order valence-electron chi connectivity index (χ0n) is 31.7. The highest BCUT2D eigenvalue weighted by Crippen LogP contribution is 2.41. The third-order valence-electron chi connectivity index (χ3n) is 11.6. The van der Waals surface area contributed by atoms with E-state index >= 15 is 8.78 Å². The molecule has 2 aromatic rings. The number of carbonyl (C=O) groups is 4. The highest BCUT2D eigenvalue weighted by Gasteiger charge is 2.53. The van der Waals surface area contributed by atoms with Crippen molar-refractivity contribution in [2.24, 2.45) is 11.8 Å². The maximum absolute atomic E-state index is 15.3. The number of amides is 3. The third-order valence-corrected chi connectivity index (χ3v) is 11.9. The number of anilines is 1. The van der Waals surface area contributed by atoms with Gasteiger partial charge in [-0.05, 0) is 101 Å². The number of nitrogens with one attached hydrogen (secondary N) is 1. The Bertz CT molecular complexity index is 1950. The summed E-state index contributed by atoms with van der Waals surface area (Å²) in [4.78, 5) is 58.0. The van der Waals surface area contributed by atoms with Crippen LogP contribution in [0.4, 0.5) is 27.6 Å². The lowest BCUT2D eigenvalue weighted by atomic mass is 9.88. The van der Waals surface area contributed by atoms with Gasteiger partial charge in [-0.3, -0.25) is 34.3 Å². The fraction of sp³-hybridized carbons (Fsp3) is 0.575. The molecule has 6 rings (SSSR count). The number of ketones is 1. The molecule has 1 N–H and O–H groups in total. The van der Waals surface area contributed by atoms with E-state index in [9.17, 15) is 32.3 Å². The van der Waals surface area contributed by atoms with Gasteiger partial charge in [0.25, 0.3) is 11.8 Å². The minimum Gasteiger partial charge on any atom is -0.378 e. The third kappa shape index (κ3) is 9.50. The van der Waals surface area contributed by atoms with Crippen LogP contribution < -0.4 is 10.2 Å². The quantitative estimate of drug-likeness (QED) is 0.160. The van der Waals surface area contributed by atoms with Crippen LogP contribution in [-0.2, 0) is 42.9 Å². The second-order valence-corrected chi connectivity index (χ2v) is 16.4. The van der Waals surface area contributed by atoms with Crippen LogP contribution >= 0.6 is 12.2 Å². The Morgan fingerprint density at radius 3 is 2.46 bits per heavy atom. The van der Waals surface area contributed by atoms with E-state index in [1.54, 1.807) is 30.9 Å². The number of Topliss-reactive ketones (excluding diaryl/α,β-unsaturated/α-hetero) is 1. The van der Waals surface area contributed by atoms with Gasteiger partial charge in [0.1, 0.15) is 11.6 Å². The molecule has 1 aromatic heterocycles. The molecule has 3 saturated heterocycles. The first-order chi connectivity index (χ1) is 26.9. The Morgan fingerprint density at radius 1 is 1.07 bits per heavy atom. The summed E-state index contributed by atoms with van der Waals surface area (Å²) in [5.41, 5.74) is -1.80. The van der Waals surface area contributed by atoms with Gasteiger partial charge in [0, 0.05) is 37.3 Å². The van der Waals surface area contributed by atoms with Gasteiger partial charge < -0.3 is 9.64 Å². The lowest BCUT2D eigenvalue weighted by Crippen LogP contribution is -2.51. The van der Waals surface area contributed by atoms with Crippen molar-refractivity contribution in [3.8, 4) is 6.07 Å². The van der Waals surface area contributed by atoms with Crippen molar-refractivity contribution in [3.05, 3.63) is 58.9 Å². The molecule has 2 unspecified atom stereocenters. The molecule has 1 aromatic carbocycles. The first-order valence-electron chi connectivity index (χ1n) is 19.2. The molecule has 3 aliphatic heterocycles. The molecule has 17 heteroatoms. The van der Waals surface area contributed by atoms with Crippen molar-refractivity contribution in [2.75, 3.05) is 31.1 Å². The number of hydrogen-bond acceptors (Lipinski definition) is 9. The number of pyridine rings is 1. The molecule has 4 heterocycles. The summed E-state index contributed by atoms with van der Waals surface area (Å²) in [5.74, 6) is -5.52. The largest absolute Gasteiger partial charge is 0.419 e. The number of thiocarbonyl (C=S) groups is 1. The average molecular weight is 817 g/mol. The van der Waals surface area contributed by atoms with E-state index in [4.69, 9.17) is 22.2 Å². The summed E-state index contributed by atoms with van der Waals surface area (Å²) in [7, 11) is 0. The summed E-state index contributed by atoms with van der Waals surface area (Å²) in [6, 6.07) is 9.24. The molecule has 0 spiro atoms. The monoisotopic (exact) mass is 816 g/mol. The first kappa shape index (κ1) is 42.2. The fourth-order valence-electron chi connectivity index (χ4n) is 8.54. The number of imide groups is 1. The van der Waals surface area contributed by atoms with Crippen LogP contribution in [0, 0.1) is 23.2 Å². The van der Waals surface area contributed by atoms with E-state index in [1.165, 1.54) is 11.0 Å². The molecule has 11 nitrogen and oxygen atoms in total. The van der Waals surface area contributed by atoms with Crippen LogP contribution in [0.3, 0.4) is 0 Å². The summed E-state index contributed by atoms with van der Waals surface area (Å²) >= 11 is 5.65. The Balaban J connectivity index is 0.945. The van der Waals surface area contributed by atoms with Crippen molar-refractivity contribution in [2.45, 2.75) is 108 Å². The maximum Gasteiger partial charge on any atom is 0.419 e. The second kappa shape index (κ2) is 16.8. The molecule has 2 atom stereocenters. The number of likely N-dealkylation sites (tertiary alicyclic amines) is 1. The number of halogens is 5.